The molecule has 0 unspecified atom stereocenters. The predicted molar refractivity (Wildman–Crippen MR) is 181 cm³/mol. The summed E-state index contributed by atoms with van der Waals surface area (Å²) in [4.78, 5) is 57.0. The van der Waals surface area contributed by atoms with Crippen molar-refractivity contribution in [3.63, 3.8) is 0 Å². The summed E-state index contributed by atoms with van der Waals surface area (Å²) < 4.78 is 38.6. The van der Waals surface area contributed by atoms with E-state index in [4.69, 9.17) is 14.8 Å². The number of ether oxygens (including phenoxy) is 1. The Morgan fingerprint density at radius 1 is 1.12 bits per heavy atom. The third-order valence-corrected chi connectivity index (χ3v) is 12.5. The van der Waals surface area contributed by atoms with Crippen molar-refractivity contribution in [1.29, 1.82) is 0 Å². The van der Waals surface area contributed by atoms with Gasteiger partial charge in [0.05, 0.1) is 24.6 Å². The molecule has 10 rings (SSSR count). The first-order chi connectivity index (χ1) is 25.2. The average Bonchev–Trinajstić information content (AvgIpc) is 4.05. The topological polar surface area (TPSA) is 157 Å². The second-order valence-electron chi connectivity index (χ2n) is 15.2. The van der Waals surface area contributed by atoms with Gasteiger partial charge in [-0.3, -0.25) is 14.4 Å². The SMILES string of the molecule is Cc1ncnc(C(=O)N2CC[C@]3(c4c(n(CC(=O)Nc5cc(F)c(C6CC6)cc5F)c5nc(C6=CCOCC6)nn5c4=O)[C@H]4C[C@H]43)[C@@H]3CC[C@@H]32)c1O. The van der Waals surface area contributed by atoms with E-state index in [-0.39, 0.29) is 70.6 Å². The van der Waals surface area contributed by atoms with Crippen LogP contribution in [0.5, 0.6) is 5.75 Å². The second kappa shape index (κ2) is 11.2. The van der Waals surface area contributed by atoms with Crippen LogP contribution in [0.3, 0.4) is 0 Å². The largest absolute Gasteiger partial charge is 0.504 e. The van der Waals surface area contributed by atoms with Gasteiger partial charge in [-0.1, -0.05) is 6.08 Å². The summed E-state index contributed by atoms with van der Waals surface area (Å²) in [6.07, 6.45) is 8.24. The van der Waals surface area contributed by atoms with E-state index in [9.17, 15) is 23.9 Å². The van der Waals surface area contributed by atoms with Crippen molar-refractivity contribution >= 4 is 28.9 Å². The van der Waals surface area contributed by atoms with E-state index in [0.717, 1.165) is 49.4 Å². The zero-order valence-corrected chi connectivity index (χ0v) is 28.4. The number of carbonyl (C=O) groups excluding carboxylic acids is 2. The van der Waals surface area contributed by atoms with E-state index in [0.29, 0.717) is 55.2 Å². The number of hydrogen-bond acceptors (Lipinski definition) is 9. The number of rotatable bonds is 6. The first-order valence-electron chi connectivity index (χ1n) is 18.1. The molecule has 0 radical (unpaired) electrons. The zero-order chi connectivity index (χ0) is 35.6. The fraction of sp³-hybridized carbons (Fsp3) is 0.486. The van der Waals surface area contributed by atoms with Crippen LogP contribution < -0.4 is 10.9 Å². The van der Waals surface area contributed by atoms with Crippen molar-refractivity contribution in [3.8, 4) is 5.75 Å². The van der Waals surface area contributed by atoms with Gasteiger partial charge in [-0.15, -0.1) is 5.10 Å². The van der Waals surface area contributed by atoms with Crippen molar-refractivity contribution in [2.45, 2.75) is 81.7 Å². The highest BCUT2D eigenvalue weighted by molar-refractivity contribution is 5.95. The monoisotopic (exact) mass is 710 g/mol. The predicted octanol–water partition coefficient (Wildman–Crippen LogP) is 3.97. The summed E-state index contributed by atoms with van der Waals surface area (Å²) in [5, 5.41) is 17.9. The molecule has 1 aromatic carbocycles. The molecule has 1 saturated heterocycles. The number of aryl methyl sites for hydroxylation is 1. The lowest BCUT2D eigenvalue weighted by Crippen LogP contribution is -2.64. The van der Waals surface area contributed by atoms with Gasteiger partial charge in [0.25, 0.3) is 11.5 Å². The number of aromatic hydroxyl groups is 1. The van der Waals surface area contributed by atoms with Crippen molar-refractivity contribution in [3.05, 3.63) is 80.6 Å². The van der Waals surface area contributed by atoms with Crippen LogP contribution in [0.2, 0.25) is 0 Å². The van der Waals surface area contributed by atoms with Gasteiger partial charge >= 0.3 is 0 Å². The van der Waals surface area contributed by atoms with Crippen molar-refractivity contribution in [2.75, 3.05) is 25.1 Å². The molecule has 3 aromatic heterocycles. The van der Waals surface area contributed by atoms with Crippen molar-refractivity contribution in [2.24, 2.45) is 11.8 Å². The molecular weight excluding hydrogens is 674 g/mol. The van der Waals surface area contributed by atoms with Crippen LogP contribution in [0, 0.1) is 30.4 Å². The summed E-state index contributed by atoms with van der Waals surface area (Å²) in [7, 11) is 0. The normalized spacial score (nSPS) is 27.1. The third-order valence-electron chi connectivity index (χ3n) is 12.5. The fourth-order valence-electron chi connectivity index (χ4n) is 9.76. The molecule has 2 N–H and O–H groups in total. The van der Waals surface area contributed by atoms with Crippen LogP contribution >= 0.6 is 0 Å². The van der Waals surface area contributed by atoms with Gasteiger partial charge in [0, 0.05) is 41.2 Å². The zero-order valence-electron chi connectivity index (χ0n) is 28.4. The number of fused-ring (bicyclic) bond motifs is 8. The van der Waals surface area contributed by atoms with E-state index in [1.807, 2.05) is 6.08 Å². The number of hydrogen-bond donors (Lipinski definition) is 2. The van der Waals surface area contributed by atoms with Crippen LogP contribution in [-0.2, 0) is 21.5 Å². The number of likely N-dealkylation sites (tertiary alicyclic amines) is 1. The summed E-state index contributed by atoms with van der Waals surface area (Å²) >= 11 is 0. The number of carbonyl (C=O) groups is 2. The highest BCUT2D eigenvalue weighted by atomic mass is 19.1. The summed E-state index contributed by atoms with van der Waals surface area (Å²) in [5.74, 6) is -1.72. The maximum atomic E-state index is 15.2. The standard InChI is InChI=1S/C37H36F2N8O5/c1-17-32(49)30(41-16-40-17)35(51)45-9-8-37(22-4-5-27(22)45)23-12-21(23)31-29(37)34(50)47-36(43-33(44-47)19-6-10-52-11-7-19)46(31)15-28(48)42-26-14-24(38)20(13-25(26)39)18-2-3-18/h6,13-14,16,18,21-23,27,49H,2-5,7-12,15H2,1H3,(H,42,48)/t21-,22+,23+,27-,37-/m0/s1. The van der Waals surface area contributed by atoms with Crippen LogP contribution in [0.4, 0.5) is 14.5 Å². The smallest absolute Gasteiger partial charge is 0.279 e. The molecule has 3 saturated carbocycles. The molecule has 4 aromatic rings. The minimum atomic E-state index is -0.702. The molecule has 15 heteroatoms. The minimum absolute atomic E-state index is 0.00646. The minimum Gasteiger partial charge on any atom is -0.504 e. The number of anilines is 1. The fourth-order valence-corrected chi connectivity index (χ4v) is 9.76. The molecule has 6 aliphatic rings. The van der Waals surface area contributed by atoms with E-state index in [2.05, 4.69) is 15.3 Å². The van der Waals surface area contributed by atoms with E-state index in [1.165, 1.54) is 16.9 Å². The lowest BCUT2D eigenvalue weighted by Gasteiger charge is -2.58. The average molecular weight is 711 g/mol. The molecular formula is C37H36F2N8O5. The summed E-state index contributed by atoms with van der Waals surface area (Å²) in [5.41, 5.74) is 1.73. The highest BCUT2D eigenvalue weighted by Crippen LogP contribution is 2.72. The van der Waals surface area contributed by atoms with Gasteiger partial charge in [0.1, 0.15) is 24.5 Å². The van der Waals surface area contributed by atoms with Crippen molar-refractivity contribution < 1.29 is 28.2 Å². The molecule has 4 fully saturated rings. The van der Waals surface area contributed by atoms with E-state index < -0.39 is 23.0 Å². The lowest BCUT2D eigenvalue weighted by atomic mass is 9.54. The number of halogens is 2. The Bertz CT molecular complexity index is 2330. The summed E-state index contributed by atoms with van der Waals surface area (Å²) in [6, 6.07) is 2.05. The molecule has 1 spiro atoms. The Morgan fingerprint density at radius 3 is 2.71 bits per heavy atom. The Balaban J connectivity index is 1.05. The Hall–Kier alpha value is -5.05. The number of piperidine rings is 1. The first-order valence-corrected chi connectivity index (χ1v) is 18.1. The van der Waals surface area contributed by atoms with Gasteiger partial charge in [-0.2, -0.15) is 9.50 Å². The quantitative estimate of drug-likeness (QED) is 0.302. The number of nitrogens with zero attached hydrogens (tertiary/aromatic N) is 7. The molecule has 0 bridgehead atoms. The number of aromatic nitrogens is 6. The van der Waals surface area contributed by atoms with Gasteiger partial charge in [-0.25, -0.2) is 18.7 Å². The van der Waals surface area contributed by atoms with Gasteiger partial charge in [-0.05, 0) is 86.8 Å². The molecule has 5 atom stereocenters. The molecule has 2 amide bonds. The van der Waals surface area contributed by atoms with Gasteiger partial charge in [0.15, 0.2) is 17.3 Å². The van der Waals surface area contributed by atoms with Crippen LogP contribution in [0.25, 0.3) is 11.4 Å². The number of benzene rings is 1. The van der Waals surface area contributed by atoms with Crippen LogP contribution in [0.1, 0.15) is 95.6 Å². The Kier molecular flexibility index (Phi) is 6.84. The Labute approximate surface area is 295 Å². The van der Waals surface area contributed by atoms with Gasteiger partial charge < -0.3 is 24.6 Å². The number of nitrogens with one attached hydrogen (secondary N) is 1. The molecule has 52 heavy (non-hydrogen) atoms. The third kappa shape index (κ3) is 4.50. The molecule has 5 heterocycles. The van der Waals surface area contributed by atoms with E-state index >= 15 is 4.39 Å². The number of amides is 2. The highest BCUT2D eigenvalue weighted by Gasteiger charge is 2.70. The molecule has 2 aliphatic heterocycles. The van der Waals surface area contributed by atoms with Crippen LogP contribution in [-0.4, -0.2) is 76.8 Å². The first kappa shape index (κ1) is 31.7. The van der Waals surface area contributed by atoms with Crippen LogP contribution in [0.15, 0.2) is 29.3 Å². The van der Waals surface area contributed by atoms with Gasteiger partial charge in [0.2, 0.25) is 11.7 Å². The maximum absolute atomic E-state index is 15.2. The summed E-state index contributed by atoms with van der Waals surface area (Å²) in [6.45, 7) is 2.58. The molecule has 13 nitrogen and oxygen atoms in total. The lowest BCUT2D eigenvalue weighted by molar-refractivity contribution is -0.116. The maximum Gasteiger partial charge on any atom is 0.279 e. The Morgan fingerprint density at radius 2 is 1.96 bits per heavy atom. The molecule has 4 aliphatic carbocycles. The van der Waals surface area contributed by atoms with Crippen molar-refractivity contribution in [1.82, 2.24) is 34.0 Å². The molecule has 268 valence electrons. The second-order valence-corrected chi connectivity index (χ2v) is 15.2. The van der Waals surface area contributed by atoms with E-state index in [1.54, 1.807) is 16.4 Å².